The molecule has 2 N–H and O–H groups in total. The van der Waals surface area contributed by atoms with Gasteiger partial charge in [0.05, 0.1) is 25.5 Å². The van der Waals surface area contributed by atoms with E-state index in [1.165, 1.54) is 0 Å². The number of likely N-dealkylation sites (N-methyl/N-ethyl adjacent to an activating group) is 1. The first kappa shape index (κ1) is 19.8. The normalized spacial score (nSPS) is 17.4. The van der Waals surface area contributed by atoms with Crippen LogP contribution in [0.5, 0.6) is 0 Å². The topological polar surface area (TPSA) is 71.4 Å². The molecule has 1 fully saturated rings. The van der Waals surface area contributed by atoms with Crippen molar-refractivity contribution in [2.45, 2.75) is 12.1 Å². The van der Waals surface area contributed by atoms with Crippen molar-refractivity contribution in [1.29, 1.82) is 0 Å². The molecule has 0 spiro atoms. The number of hydrogen-bond donors (Lipinski definition) is 2. The number of amides is 1. The first-order chi connectivity index (χ1) is 13.1. The number of aromatic nitrogens is 2. The molecule has 8 heteroatoms. The lowest BCUT2D eigenvalue weighted by Gasteiger charge is -2.35. The number of ether oxygens (including phenoxy) is 1. The first-order valence-electron chi connectivity index (χ1n) is 9.10. The quantitative estimate of drug-likeness (QED) is 0.748. The molecule has 1 aromatic heterocycles. The highest BCUT2D eigenvalue weighted by Crippen LogP contribution is 2.28. The van der Waals surface area contributed by atoms with E-state index in [0.29, 0.717) is 24.8 Å². The second-order valence-electron chi connectivity index (χ2n) is 6.60. The third-order valence-electron chi connectivity index (χ3n) is 4.83. The van der Waals surface area contributed by atoms with Crippen molar-refractivity contribution in [2.75, 3.05) is 39.9 Å². The van der Waals surface area contributed by atoms with E-state index in [2.05, 4.69) is 20.6 Å². The van der Waals surface area contributed by atoms with Crippen molar-refractivity contribution in [3.05, 3.63) is 52.8 Å². The van der Waals surface area contributed by atoms with Gasteiger partial charge >= 0.3 is 0 Å². The molecular weight excluding hydrogens is 366 g/mol. The van der Waals surface area contributed by atoms with E-state index in [1.54, 1.807) is 17.9 Å². The van der Waals surface area contributed by atoms with Crippen LogP contribution in [0.1, 0.15) is 23.2 Å². The Balaban J connectivity index is 1.73. The van der Waals surface area contributed by atoms with E-state index in [-0.39, 0.29) is 11.9 Å². The Kier molecular flexibility index (Phi) is 6.84. The Hall–Kier alpha value is -1.93. The monoisotopic (exact) mass is 391 g/mol. The van der Waals surface area contributed by atoms with Crippen molar-refractivity contribution < 1.29 is 9.53 Å². The molecule has 2 heterocycles. The smallest absolute Gasteiger partial charge is 0.241 e. The zero-order valence-corrected chi connectivity index (χ0v) is 16.4. The number of halogens is 1. The largest absolute Gasteiger partial charge is 0.379 e. The fourth-order valence-electron chi connectivity index (χ4n) is 3.41. The minimum absolute atomic E-state index is 0.00189. The fraction of sp³-hybridized carbons (Fsp3) is 0.474. The van der Waals surface area contributed by atoms with E-state index < -0.39 is 6.04 Å². The Morgan fingerprint density at radius 2 is 2.07 bits per heavy atom. The SMILES string of the molecule is CNC(C(=O)NCC(c1ccccc1Cl)N1CCOCC1)c1cnn(C)c1. The summed E-state index contributed by atoms with van der Waals surface area (Å²) < 4.78 is 7.16. The Labute approximate surface area is 164 Å². The van der Waals surface area contributed by atoms with Gasteiger partial charge in [0.25, 0.3) is 0 Å². The van der Waals surface area contributed by atoms with Crippen LogP contribution in [0.15, 0.2) is 36.7 Å². The molecule has 1 saturated heterocycles. The summed E-state index contributed by atoms with van der Waals surface area (Å²) in [5.74, 6) is -0.0872. The van der Waals surface area contributed by atoms with Crippen molar-refractivity contribution in [3.8, 4) is 0 Å². The first-order valence-corrected chi connectivity index (χ1v) is 9.47. The molecule has 3 rings (SSSR count). The second-order valence-corrected chi connectivity index (χ2v) is 7.01. The van der Waals surface area contributed by atoms with Crippen LogP contribution in [0, 0.1) is 0 Å². The van der Waals surface area contributed by atoms with Gasteiger partial charge in [-0.15, -0.1) is 0 Å². The van der Waals surface area contributed by atoms with E-state index in [0.717, 1.165) is 24.2 Å². The molecule has 0 saturated carbocycles. The van der Waals surface area contributed by atoms with E-state index in [4.69, 9.17) is 16.3 Å². The molecule has 7 nitrogen and oxygen atoms in total. The number of benzene rings is 1. The molecule has 146 valence electrons. The summed E-state index contributed by atoms with van der Waals surface area (Å²) in [5.41, 5.74) is 1.85. The third-order valence-corrected chi connectivity index (χ3v) is 5.17. The van der Waals surface area contributed by atoms with Crippen molar-refractivity contribution in [3.63, 3.8) is 0 Å². The predicted molar refractivity (Wildman–Crippen MR) is 105 cm³/mol. The molecule has 0 aliphatic carbocycles. The molecule has 27 heavy (non-hydrogen) atoms. The Morgan fingerprint density at radius 1 is 1.33 bits per heavy atom. The molecule has 2 unspecified atom stereocenters. The predicted octanol–water partition coefficient (Wildman–Crippen LogP) is 1.52. The number of carbonyl (C=O) groups excluding carboxylic acids is 1. The van der Waals surface area contributed by atoms with Crippen LogP contribution in [0.2, 0.25) is 5.02 Å². The zero-order valence-electron chi connectivity index (χ0n) is 15.7. The van der Waals surface area contributed by atoms with E-state index >= 15 is 0 Å². The van der Waals surface area contributed by atoms with Crippen molar-refractivity contribution in [2.24, 2.45) is 7.05 Å². The molecule has 1 amide bonds. The maximum absolute atomic E-state index is 12.8. The molecule has 1 aliphatic heterocycles. The minimum Gasteiger partial charge on any atom is -0.379 e. The maximum Gasteiger partial charge on any atom is 0.241 e. The lowest BCUT2D eigenvalue weighted by molar-refractivity contribution is -0.123. The summed E-state index contributed by atoms with van der Waals surface area (Å²) in [6, 6.07) is 7.35. The summed E-state index contributed by atoms with van der Waals surface area (Å²) in [7, 11) is 3.60. The Morgan fingerprint density at radius 3 is 2.70 bits per heavy atom. The lowest BCUT2D eigenvalue weighted by Crippen LogP contribution is -2.45. The van der Waals surface area contributed by atoms with Crippen LogP contribution in [0.25, 0.3) is 0 Å². The average molecular weight is 392 g/mol. The van der Waals surface area contributed by atoms with Crippen LogP contribution in [-0.2, 0) is 16.6 Å². The molecule has 1 aliphatic rings. The summed E-state index contributed by atoms with van der Waals surface area (Å²) in [6.45, 7) is 3.46. The van der Waals surface area contributed by atoms with Gasteiger partial charge in [0.1, 0.15) is 6.04 Å². The van der Waals surface area contributed by atoms with Gasteiger partial charge in [-0.1, -0.05) is 29.8 Å². The highest BCUT2D eigenvalue weighted by Gasteiger charge is 2.27. The number of rotatable bonds is 7. The molecule has 2 atom stereocenters. The lowest BCUT2D eigenvalue weighted by atomic mass is 10.0. The van der Waals surface area contributed by atoms with Gasteiger partial charge in [-0.05, 0) is 18.7 Å². The number of hydrogen-bond acceptors (Lipinski definition) is 5. The summed E-state index contributed by atoms with van der Waals surface area (Å²) >= 11 is 6.45. The second kappa shape index (κ2) is 9.32. The highest BCUT2D eigenvalue weighted by molar-refractivity contribution is 6.31. The van der Waals surface area contributed by atoms with Crippen LogP contribution in [0.4, 0.5) is 0 Å². The maximum atomic E-state index is 12.8. The van der Waals surface area contributed by atoms with Crippen molar-refractivity contribution >= 4 is 17.5 Å². The highest BCUT2D eigenvalue weighted by atomic mass is 35.5. The molecule has 0 bridgehead atoms. The van der Waals surface area contributed by atoms with Gasteiger partial charge in [-0.3, -0.25) is 14.4 Å². The number of nitrogens with zero attached hydrogens (tertiary/aromatic N) is 3. The third kappa shape index (κ3) is 4.87. The molecule has 0 radical (unpaired) electrons. The number of nitrogens with one attached hydrogen (secondary N) is 2. The summed E-state index contributed by atoms with van der Waals surface area (Å²) in [4.78, 5) is 15.1. The fourth-order valence-corrected chi connectivity index (χ4v) is 3.67. The van der Waals surface area contributed by atoms with Gasteiger partial charge in [-0.25, -0.2) is 0 Å². The average Bonchev–Trinajstić information content (AvgIpc) is 3.10. The van der Waals surface area contributed by atoms with Crippen LogP contribution < -0.4 is 10.6 Å². The van der Waals surface area contributed by atoms with Gasteiger partial charge in [0.15, 0.2) is 0 Å². The van der Waals surface area contributed by atoms with Crippen molar-refractivity contribution in [1.82, 2.24) is 25.3 Å². The zero-order chi connectivity index (χ0) is 19.2. The van der Waals surface area contributed by atoms with Gasteiger partial charge in [0.2, 0.25) is 5.91 Å². The van der Waals surface area contributed by atoms with E-state index in [9.17, 15) is 4.79 Å². The molecular formula is C19H26ClN5O2. The minimum atomic E-state index is -0.449. The van der Waals surface area contributed by atoms with Crippen LogP contribution in [-0.4, -0.2) is 60.5 Å². The Bertz CT molecular complexity index is 760. The van der Waals surface area contributed by atoms with Crippen LogP contribution >= 0.6 is 11.6 Å². The molecule has 1 aromatic carbocycles. The number of carbonyl (C=O) groups is 1. The summed E-state index contributed by atoms with van der Waals surface area (Å²) in [6.07, 6.45) is 3.54. The van der Waals surface area contributed by atoms with Gasteiger partial charge in [0, 0.05) is 43.5 Å². The van der Waals surface area contributed by atoms with Gasteiger partial charge < -0.3 is 15.4 Å². The van der Waals surface area contributed by atoms with Crippen LogP contribution in [0.3, 0.4) is 0 Å². The summed E-state index contributed by atoms with van der Waals surface area (Å²) in [5, 5.41) is 11.0. The van der Waals surface area contributed by atoms with Gasteiger partial charge in [-0.2, -0.15) is 5.10 Å². The van der Waals surface area contributed by atoms with E-state index in [1.807, 2.05) is 37.5 Å². The number of aryl methyl sites for hydroxylation is 1. The number of morpholine rings is 1. The molecule has 2 aromatic rings. The standard InChI is InChI=1S/C19H26ClN5O2/c1-21-18(14-11-23-24(2)13-14)19(26)22-12-17(25-7-9-27-10-8-25)15-5-3-4-6-16(15)20/h3-6,11,13,17-18,21H,7-10,12H2,1-2H3,(H,22,26).